The van der Waals surface area contributed by atoms with Crippen molar-refractivity contribution in [1.82, 2.24) is 14.8 Å². The van der Waals surface area contributed by atoms with E-state index in [0.29, 0.717) is 0 Å². The van der Waals surface area contributed by atoms with Crippen molar-refractivity contribution in [3.8, 4) is 0 Å². The third kappa shape index (κ3) is 2.33. The zero-order chi connectivity index (χ0) is 13.1. The van der Waals surface area contributed by atoms with Gasteiger partial charge in [-0.1, -0.05) is 0 Å². The van der Waals surface area contributed by atoms with E-state index in [0.717, 1.165) is 31.6 Å². The maximum atomic E-state index is 8.94. The lowest BCUT2D eigenvalue weighted by Crippen LogP contribution is -2.24. The zero-order valence-electron chi connectivity index (χ0n) is 10.8. The number of pyridine rings is 1. The molecule has 0 aromatic carbocycles. The number of nitrogens with one attached hydrogen (secondary N) is 1. The van der Waals surface area contributed by atoms with Gasteiger partial charge in [0.1, 0.15) is 5.82 Å². The fourth-order valence-electron chi connectivity index (χ4n) is 2.62. The summed E-state index contributed by atoms with van der Waals surface area (Å²) >= 11 is 0. The summed E-state index contributed by atoms with van der Waals surface area (Å²) in [6.07, 6.45) is 8.23. The topological polar surface area (TPSA) is 63.0 Å². The molecule has 0 aliphatic carbocycles. The Hall–Kier alpha value is -1.88. The fourth-order valence-corrected chi connectivity index (χ4v) is 2.62. The molecule has 1 aliphatic heterocycles. The first-order chi connectivity index (χ1) is 9.40. The predicted molar refractivity (Wildman–Crippen MR) is 73.1 cm³/mol. The van der Waals surface area contributed by atoms with Gasteiger partial charge in [-0.05, 0) is 37.0 Å². The molecule has 2 aromatic heterocycles. The van der Waals surface area contributed by atoms with E-state index in [4.69, 9.17) is 5.11 Å². The Bertz CT molecular complexity index is 538. The van der Waals surface area contributed by atoms with Crippen LogP contribution in [0.2, 0.25) is 0 Å². The van der Waals surface area contributed by atoms with Gasteiger partial charge in [-0.3, -0.25) is 4.98 Å². The molecule has 0 amide bonds. The third-order valence-electron chi connectivity index (χ3n) is 3.57. The van der Waals surface area contributed by atoms with Crippen LogP contribution in [0.4, 0.5) is 5.82 Å². The van der Waals surface area contributed by atoms with Gasteiger partial charge < -0.3 is 10.4 Å². The molecule has 0 saturated carbocycles. The van der Waals surface area contributed by atoms with Gasteiger partial charge in [0.15, 0.2) is 0 Å². The van der Waals surface area contributed by atoms with Crippen molar-refractivity contribution in [2.75, 3.05) is 18.5 Å². The molecule has 1 atom stereocenters. The van der Waals surface area contributed by atoms with E-state index >= 15 is 0 Å². The molecule has 100 valence electrons. The van der Waals surface area contributed by atoms with E-state index in [1.54, 1.807) is 0 Å². The number of rotatable bonds is 4. The van der Waals surface area contributed by atoms with Crippen LogP contribution in [-0.4, -0.2) is 33.0 Å². The summed E-state index contributed by atoms with van der Waals surface area (Å²) in [4.78, 5) is 4.07. The van der Waals surface area contributed by atoms with Crippen LogP contribution in [-0.2, 0) is 6.42 Å². The Morgan fingerprint density at radius 3 is 3.00 bits per heavy atom. The Balaban J connectivity index is 1.91. The molecule has 0 bridgehead atoms. The second-order valence-corrected chi connectivity index (χ2v) is 4.80. The van der Waals surface area contributed by atoms with E-state index in [9.17, 15) is 0 Å². The number of nitrogens with zero attached hydrogens (tertiary/aromatic N) is 3. The standard InChI is InChI=1S/C14H18N4O/c19-9-1-2-12-10-17-18-13(5-8-16-14(12)18)11-3-6-15-7-4-11/h3-4,6-7,10,13,16,19H,1-2,5,8-9H2. The number of aliphatic hydroxyl groups excluding tert-OH is 1. The van der Waals surface area contributed by atoms with Gasteiger partial charge in [0.25, 0.3) is 0 Å². The van der Waals surface area contributed by atoms with Crippen LogP contribution in [0.1, 0.15) is 30.0 Å². The molecule has 2 aromatic rings. The second kappa shape index (κ2) is 5.40. The summed E-state index contributed by atoms with van der Waals surface area (Å²) in [5.41, 5.74) is 2.43. The van der Waals surface area contributed by atoms with Crippen LogP contribution in [0.5, 0.6) is 0 Å². The zero-order valence-corrected chi connectivity index (χ0v) is 10.8. The smallest absolute Gasteiger partial charge is 0.128 e. The van der Waals surface area contributed by atoms with Gasteiger partial charge in [-0.15, -0.1) is 0 Å². The van der Waals surface area contributed by atoms with Crippen LogP contribution >= 0.6 is 0 Å². The molecule has 0 radical (unpaired) electrons. The van der Waals surface area contributed by atoms with Crippen molar-refractivity contribution in [2.24, 2.45) is 0 Å². The van der Waals surface area contributed by atoms with Gasteiger partial charge >= 0.3 is 0 Å². The largest absolute Gasteiger partial charge is 0.396 e. The lowest BCUT2D eigenvalue weighted by atomic mass is 10.0. The minimum atomic E-state index is 0.221. The first-order valence-corrected chi connectivity index (χ1v) is 6.71. The van der Waals surface area contributed by atoms with E-state index < -0.39 is 0 Å². The predicted octanol–water partition coefficient (Wildman–Crippen LogP) is 1.61. The molecule has 19 heavy (non-hydrogen) atoms. The normalized spacial score (nSPS) is 17.8. The van der Waals surface area contributed by atoms with Crippen LogP contribution < -0.4 is 5.32 Å². The van der Waals surface area contributed by atoms with Crippen LogP contribution in [0.15, 0.2) is 30.7 Å². The van der Waals surface area contributed by atoms with E-state index in [2.05, 4.69) is 32.2 Å². The van der Waals surface area contributed by atoms with Crippen molar-refractivity contribution in [3.63, 3.8) is 0 Å². The number of aromatic nitrogens is 3. The molecule has 0 spiro atoms. The lowest BCUT2D eigenvalue weighted by molar-refractivity contribution is 0.288. The molecule has 1 aliphatic rings. The van der Waals surface area contributed by atoms with Gasteiger partial charge in [0, 0.05) is 31.1 Å². The Morgan fingerprint density at radius 2 is 2.21 bits per heavy atom. The molecular weight excluding hydrogens is 240 g/mol. The highest BCUT2D eigenvalue weighted by molar-refractivity contribution is 5.47. The average molecular weight is 258 g/mol. The van der Waals surface area contributed by atoms with Crippen LogP contribution in [0, 0.1) is 0 Å². The Morgan fingerprint density at radius 1 is 1.37 bits per heavy atom. The summed E-state index contributed by atoms with van der Waals surface area (Å²) in [6, 6.07) is 4.38. The molecule has 3 rings (SSSR count). The van der Waals surface area contributed by atoms with E-state index in [1.165, 1.54) is 11.1 Å². The summed E-state index contributed by atoms with van der Waals surface area (Å²) < 4.78 is 2.06. The van der Waals surface area contributed by atoms with E-state index in [-0.39, 0.29) is 12.6 Å². The molecule has 5 nitrogen and oxygen atoms in total. The molecule has 5 heteroatoms. The van der Waals surface area contributed by atoms with Crippen molar-refractivity contribution in [1.29, 1.82) is 0 Å². The number of hydrogen-bond acceptors (Lipinski definition) is 4. The number of hydrogen-bond donors (Lipinski definition) is 2. The first kappa shape index (κ1) is 12.2. The first-order valence-electron chi connectivity index (χ1n) is 6.71. The number of fused-ring (bicyclic) bond motifs is 1. The molecule has 0 fully saturated rings. The minimum Gasteiger partial charge on any atom is -0.396 e. The van der Waals surface area contributed by atoms with Crippen molar-refractivity contribution in [3.05, 3.63) is 41.9 Å². The molecule has 1 unspecified atom stereocenters. The molecular formula is C14H18N4O. The van der Waals surface area contributed by atoms with E-state index in [1.807, 2.05) is 18.6 Å². The maximum absolute atomic E-state index is 8.94. The second-order valence-electron chi connectivity index (χ2n) is 4.80. The number of aryl methyl sites for hydroxylation is 1. The van der Waals surface area contributed by atoms with Crippen molar-refractivity contribution < 1.29 is 5.11 Å². The summed E-state index contributed by atoms with van der Waals surface area (Å²) in [5, 5.41) is 16.9. The highest BCUT2D eigenvalue weighted by atomic mass is 16.2. The summed E-state index contributed by atoms with van der Waals surface area (Å²) in [7, 11) is 0. The average Bonchev–Trinajstić information content (AvgIpc) is 2.89. The van der Waals surface area contributed by atoms with Gasteiger partial charge in [0.2, 0.25) is 0 Å². The van der Waals surface area contributed by atoms with Crippen LogP contribution in [0.25, 0.3) is 0 Å². The highest BCUT2D eigenvalue weighted by Gasteiger charge is 2.23. The third-order valence-corrected chi connectivity index (χ3v) is 3.57. The number of anilines is 1. The number of aliphatic hydroxyl groups is 1. The SMILES string of the molecule is OCCCc1cnn2c1NCCC2c1ccncc1. The summed E-state index contributed by atoms with van der Waals surface area (Å²) in [6.45, 7) is 1.17. The maximum Gasteiger partial charge on any atom is 0.128 e. The highest BCUT2D eigenvalue weighted by Crippen LogP contribution is 2.31. The minimum absolute atomic E-state index is 0.221. The molecule has 0 saturated heterocycles. The van der Waals surface area contributed by atoms with Crippen molar-refractivity contribution >= 4 is 5.82 Å². The van der Waals surface area contributed by atoms with Gasteiger partial charge in [-0.25, -0.2) is 4.68 Å². The lowest BCUT2D eigenvalue weighted by Gasteiger charge is -2.26. The Kier molecular flexibility index (Phi) is 3.46. The van der Waals surface area contributed by atoms with Crippen LogP contribution in [0.3, 0.4) is 0 Å². The fraction of sp³-hybridized carbons (Fsp3) is 0.429. The quantitative estimate of drug-likeness (QED) is 0.874. The van der Waals surface area contributed by atoms with Gasteiger partial charge in [0.05, 0.1) is 12.2 Å². The monoisotopic (exact) mass is 258 g/mol. The Labute approximate surface area is 112 Å². The van der Waals surface area contributed by atoms with Crippen molar-refractivity contribution in [2.45, 2.75) is 25.3 Å². The summed E-state index contributed by atoms with van der Waals surface area (Å²) in [5.74, 6) is 1.10. The molecule has 3 heterocycles. The molecule has 2 N–H and O–H groups in total. The van der Waals surface area contributed by atoms with Gasteiger partial charge in [-0.2, -0.15) is 5.10 Å².